The van der Waals surface area contributed by atoms with Crippen LogP contribution in [-0.4, -0.2) is 16.8 Å². The molecule has 0 aliphatic heterocycles. The van der Waals surface area contributed by atoms with E-state index >= 15 is 0 Å². The van der Waals surface area contributed by atoms with Gasteiger partial charge in [0, 0.05) is 12.2 Å². The van der Waals surface area contributed by atoms with Gasteiger partial charge in [0.1, 0.15) is 17.3 Å². The van der Waals surface area contributed by atoms with E-state index < -0.39 is 6.10 Å². The SMILES string of the molecule is Cc1cc(Oc2ccc(CCO)cc2)c(C(C)O)cc1F. The molecule has 112 valence electrons. The standard InChI is InChI=1S/C17H19FO3/c1-11-9-17(15(12(2)20)10-16(11)18)21-14-5-3-13(4-6-14)7-8-19/h3-6,9-10,12,19-20H,7-8H2,1-2H3. The molecule has 4 heteroatoms. The van der Waals surface area contributed by atoms with Gasteiger partial charge in [0.2, 0.25) is 0 Å². The molecule has 0 aromatic heterocycles. The van der Waals surface area contributed by atoms with Crippen LogP contribution in [0, 0.1) is 12.7 Å². The third-order valence-electron chi connectivity index (χ3n) is 3.29. The number of aliphatic hydroxyl groups is 2. The second kappa shape index (κ2) is 6.70. The lowest BCUT2D eigenvalue weighted by molar-refractivity contribution is 0.195. The van der Waals surface area contributed by atoms with E-state index in [0.29, 0.717) is 29.0 Å². The highest BCUT2D eigenvalue weighted by molar-refractivity contribution is 5.42. The van der Waals surface area contributed by atoms with Crippen LogP contribution < -0.4 is 4.74 Å². The van der Waals surface area contributed by atoms with Crippen LogP contribution in [0.25, 0.3) is 0 Å². The quantitative estimate of drug-likeness (QED) is 0.886. The zero-order valence-corrected chi connectivity index (χ0v) is 12.1. The predicted molar refractivity (Wildman–Crippen MR) is 79.1 cm³/mol. The van der Waals surface area contributed by atoms with Crippen molar-refractivity contribution in [2.75, 3.05) is 6.61 Å². The van der Waals surface area contributed by atoms with Crippen LogP contribution in [0.3, 0.4) is 0 Å². The van der Waals surface area contributed by atoms with Crippen LogP contribution in [-0.2, 0) is 6.42 Å². The zero-order chi connectivity index (χ0) is 15.4. The Balaban J connectivity index is 2.28. The number of ether oxygens (including phenoxy) is 1. The minimum absolute atomic E-state index is 0.101. The highest BCUT2D eigenvalue weighted by Crippen LogP contribution is 2.32. The van der Waals surface area contributed by atoms with E-state index in [2.05, 4.69) is 0 Å². The summed E-state index contributed by atoms with van der Waals surface area (Å²) in [5.74, 6) is 0.681. The lowest BCUT2D eigenvalue weighted by Gasteiger charge is -2.15. The summed E-state index contributed by atoms with van der Waals surface area (Å²) in [6, 6.07) is 10.2. The largest absolute Gasteiger partial charge is 0.457 e. The van der Waals surface area contributed by atoms with Gasteiger partial charge in [-0.25, -0.2) is 4.39 Å². The van der Waals surface area contributed by atoms with Gasteiger partial charge in [0.25, 0.3) is 0 Å². The first kappa shape index (κ1) is 15.5. The van der Waals surface area contributed by atoms with Crippen molar-refractivity contribution in [2.45, 2.75) is 26.4 Å². The van der Waals surface area contributed by atoms with Gasteiger partial charge in [-0.2, -0.15) is 0 Å². The van der Waals surface area contributed by atoms with Crippen molar-refractivity contribution in [2.24, 2.45) is 0 Å². The molecule has 2 rings (SSSR count). The number of aryl methyl sites for hydroxylation is 1. The zero-order valence-electron chi connectivity index (χ0n) is 12.1. The summed E-state index contributed by atoms with van der Waals surface area (Å²) in [5.41, 5.74) is 1.89. The highest BCUT2D eigenvalue weighted by Gasteiger charge is 2.13. The monoisotopic (exact) mass is 290 g/mol. The maximum absolute atomic E-state index is 13.6. The molecule has 0 heterocycles. The Bertz CT molecular complexity index is 606. The fourth-order valence-electron chi connectivity index (χ4n) is 2.07. The van der Waals surface area contributed by atoms with Gasteiger partial charge in [0.15, 0.2) is 0 Å². The summed E-state index contributed by atoms with van der Waals surface area (Å²) in [7, 11) is 0. The Labute approximate surface area is 123 Å². The predicted octanol–water partition coefficient (Wildman–Crippen LogP) is 3.51. The topological polar surface area (TPSA) is 49.7 Å². The summed E-state index contributed by atoms with van der Waals surface area (Å²) >= 11 is 0. The van der Waals surface area contributed by atoms with Gasteiger partial charge in [-0.3, -0.25) is 0 Å². The second-order valence-corrected chi connectivity index (χ2v) is 5.03. The first-order valence-electron chi connectivity index (χ1n) is 6.87. The molecule has 0 aliphatic rings. The minimum atomic E-state index is -0.816. The molecular formula is C17H19FO3. The number of benzene rings is 2. The Hall–Kier alpha value is -1.91. The molecule has 0 bridgehead atoms. The summed E-state index contributed by atoms with van der Waals surface area (Å²) in [4.78, 5) is 0. The van der Waals surface area contributed by atoms with Crippen LogP contribution in [0.5, 0.6) is 11.5 Å². The Morgan fingerprint density at radius 3 is 2.43 bits per heavy atom. The Morgan fingerprint density at radius 1 is 1.19 bits per heavy atom. The van der Waals surface area contributed by atoms with Crippen molar-refractivity contribution in [3.05, 3.63) is 58.9 Å². The fraction of sp³-hybridized carbons (Fsp3) is 0.294. The van der Waals surface area contributed by atoms with E-state index in [1.807, 2.05) is 12.1 Å². The molecule has 0 saturated carbocycles. The first-order valence-corrected chi connectivity index (χ1v) is 6.87. The van der Waals surface area contributed by atoms with Crippen LogP contribution in [0.4, 0.5) is 4.39 Å². The van der Waals surface area contributed by atoms with Crippen LogP contribution in [0.15, 0.2) is 36.4 Å². The number of rotatable bonds is 5. The molecule has 3 nitrogen and oxygen atoms in total. The normalized spacial score (nSPS) is 12.2. The molecule has 21 heavy (non-hydrogen) atoms. The molecule has 0 radical (unpaired) electrons. The lowest BCUT2D eigenvalue weighted by atomic mass is 10.1. The molecule has 0 fully saturated rings. The maximum Gasteiger partial charge on any atom is 0.133 e. The molecule has 0 saturated heterocycles. The van der Waals surface area contributed by atoms with Crippen molar-refractivity contribution in [3.8, 4) is 11.5 Å². The molecule has 1 unspecified atom stereocenters. The Kier molecular flexibility index (Phi) is 4.94. The van der Waals surface area contributed by atoms with Crippen molar-refractivity contribution in [1.82, 2.24) is 0 Å². The van der Waals surface area contributed by atoms with E-state index in [0.717, 1.165) is 5.56 Å². The fourth-order valence-corrected chi connectivity index (χ4v) is 2.07. The summed E-state index contributed by atoms with van der Waals surface area (Å²) in [6.07, 6.45) is -0.224. The smallest absolute Gasteiger partial charge is 0.133 e. The summed E-state index contributed by atoms with van der Waals surface area (Å²) in [5, 5.41) is 18.6. The third-order valence-corrected chi connectivity index (χ3v) is 3.29. The minimum Gasteiger partial charge on any atom is -0.457 e. The summed E-state index contributed by atoms with van der Waals surface area (Å²) < 4.78 is 19.4. The average molecular weight is 290 g/mol. The van der Waals surface area contributed by atoms with E-state index in [4.69, 9.17) is 9.84 Å². The molecule has 0 spiro atoms. The highest BCUT2D eigenvalue weighted by atomic mass is 19.1. The molecule has 0 aliphatic carbocycles. The molecule has 0 amide bonds. The molecule has 2 N–H and O–H groups in total. The average Bonchev–Trinajstić information content (AvgIpc) is 2.44. The molecular weight excluding hydrogens is 271 g/mol. The van der Waals surface area contributed by atoms with Gasteiger partial charge in [-0.05, 0) is 55.7 Å². The third kappa shape index (κ3) is 3.80. The van der Waals surface area contributed by atoms with Crippen LogP contribution in [0.1, 0.15) is 29.7 Å². The number of hydrogen-bond donors (Lipinski definition) is 2. The van der Waals surface area contributed by atoms with Crippen molar-refractivity contribution in [1.29, 1.82) is 0 Å². The number of halogens is 1. The second-order valence-electron chi connectivity index (χ2n) is 5.03. The number of hydrogen-bond acceptors (Lipinski definition) is 3. The maximum atomic E-state index is 13.6. The number of aliphatic hydroxyl groups excluding tert-OH is 2. The van der Waals surface area contributed by atoms with Crippen LogP contribution in [0.2, 0.25) is 0 Å². The van der Waals surface area contributed by atoms with E-state index in [9.17, 15) is 9.50 Å². The van der Waals surface area contributed by atoms with Crippen molar-refractivity contribution < 1.29 is 19.3 Å². The summed E-state index contributed by atoms with van der Waals surface area (Å²) in [6.45, 7) is 3.32. The van der Waals surface area contributed by atoms with Gasteiger partial charge in [-0.15, -0.1) is 0 Å². The lowest BCUT2D eigenvalue weighted by Crippen LogP contribution is -1.99. The molecule has 2 aromatic carbocycles. The van der Waals surface area contributed by atoms with Crippen molar-refractivity contribution in [3.63, 3.8) is 0 Å². The van der Waals surface area contributed by atoms with E-state index in [1.165, 1.54) is 6.07 Å². The van der Waals surface area contributed by atoms with Gasteiger partial charge < -0.3 is 14.9 Å². The van der Waals surface area contributed by atoms with Gasteiger partial charge in [0.05, 0.1) is 6.10 Å². The van der Waals surface area contributed by atoms with Crippen LogP contribution >= 0.6 is 0 Å². The molecule has 2 aromatic rings. The van der Waals surface area contributed by atoms with E-state index in [-0.39, 0.29) is 12.4 Å². The first-order chi connectivity index (χ1) is 10.0. The van der Waals surface area contributed by atoms with Gasteiger partial charge >= 0.3 is 0 Å². The Morgan fingerprint density at radius 2 is 1.86 bits per heavy atom. The molecule has 1 atom stereocenters. The van der Waals surface area contributed by atoms with Crippen molar-refractivity contribution >= 4 is 0 Å². The van der Waals surface area contributed by atoms with Gasteiger partial charge in [-0.1, -0.05) is 12.1 Å². The van der Waals surface area contributed by atoms with E-state index in [1.54, 1.807) is 32.0 Å².